The molecule has 1 aliphatic heterocycles. The lowest BCUT2D eigenvalue weighted by Gasteiger charge is -2.35. The van der Waals surface area contributed by atoms with Gasteiger partial charge in [-0.3, -0.25) is 14.6 Å². The fraction of sp³-hybridized carbons (Fsp3) is 0.458. The molecule has 7 nitrogen and oxygen atoms in total. The quantitative estimate of drug-likeness (QED) is 0.611. The summed E-state index contributed by atoms with van der Waals surface area (Å²) in [6, 6.07) is 4.95. The van der Waals surface area contributed by atoms with E-state index in [-0.39, 0.29) is 4.90 Å². The first kappa shape index (κ1) is 7.47. The number of aryl methyl sites for hydroxylation is 2. The van der Waals surface area contributed by atoms with Gasteiger partial charge in [0, 0.05) is 60.1 Å². The van der Waals surface area contributed by atoms with Crippen molar-refractivity contribution in [2.24, 2.45) is 0 Å². The van der Waals surface area contributed by atoms with Gasteiger partial charge in [0.05, 0.1) is 23.2 Å². The standard InChI is InChI=1S/C24H33N3O4/c1-18-7-6-8-19(2)24(18)25-23(29)16-27-13-11-26(12-14-27)15-20(28)17-31-22-10-5-4-9-21(22)30-3/h4-10,20,28H,11-17H2,1-3H3,(H,25,29)/i1D3,2D3,3D3,6D,11D2,12D2,13D2,14D2,15D2,17D2,20D. The molecule has 0 aromatic heterocycles. The van der Waals surface area contributed by atoms with Gasteiger partial charge in [0.25, 0.3) is 0 Å². The molecule has 1 amide bonds. The van der Waals surface area contributed by atoms with Gasteiger partial charge in [0.2, 0.25) is 5.91 Å². The van der Waals surface area contributed by atoms with E-state index in [1.165, 1.54) is 6.07 Å². The van der Waals surface area contributed by atoms with E-state index in [0.29, 0.717) is 12.1 Å². The minimum atomic E-state index is -4.55. The van der Waals surface area contributed by atoms with Gasteiger partial charge in [0.1, 0.15) is 12.6 Å². The minimum Gasteiger partial charge on any atom is -0.493 e. The number of rotatable bonds is 9. The first-order chi connectivity index (χ1) is 23.8. The molecule has 1 unspecified atom stereocenters. The van der Waals surface area contributed by atoms with Gasteiger partial charge in [-0.25, -0.2) is 0 Å². The molecule has 0 radical (unpaired) electrons. The fourth-order valence-electron chi connectivity index (χ4n) is 2.22. The van der Waals surface area contributed by atoms with Crippen LogP contribution in [0.25, 0.3) is 0 Å². The first-order valence-electron chi connectivity index (χ1n) is 20.0. The number of nitrogens with zero attached hydrogens (tertiary/aromatic N) is 2. The van der Waals surface area contributed by atoms with Crippen molar-refractivity contribution in [3.63, 3.8) is 0 Å². The summed E-state index contributed by atoms with van der Waals surface area (Å²) >= 11 is 0. The van der Waals surface area contributed by atoms with E-state index in [1.807, 2.05) is 5.32 Å². The van der Waals surface area contributed by atoms with E-state index in [4.69, 9.17) is 36.3 Å². The second-order valence-electron chi connectivity index (χ2n) is 5.79. The number of ether oxygens (including phenoxy) is 2. The third-order valence-corrected chi connectivity index (χ3v) is 3.59. The zero-order valence-electron chi connectivity index (χ0n) is 38.7. The lowest BCUT2D eigenvalue weighted by molar-refractivity contribution is -0.117. The highest BCUT2D eigenvalue weighted by Gasteiger charge is 2.21. The first-order valence-corrected chi connectivity index (χ1v) is 8.51. The van der Waals surface area contributed by atoms with E-state index in [1.54, 1.807) is 0 Å². The molecule has 1 atom stereocenters. The van der Waals surface area contributed by atoms with E-state index >= 15 is 0 Å². The molecule has 0 bridgehead atoms. The summed E-state index contributed by atoms with van der Waals surface area (Å²) in [7, 11) is -3.15. The highest BCUT2D eigenvalue weighted by molar-refractivity contribution is 5.93. The van der Waals surface area contributed by atoms with Crippen molar-refractivity contribution in [2.75, 3.05) is 57.9 Å². The molecule has 1 fully saturated rings. The van der Waals surface area contributed by atoms with E-state index in [2.05, 4.69) is 4.74 Å². The number of piperazine rings is 1. The molecule has 0 saturated carbocycles. The number of hydrogen-bond acceptors (Lipinski definition) is 6. The number of methoxy groups -OCH3 is 1. The normalized spacial score (nSPS) is 36.6. The molecule has 1 aliphatic rings. The summed E-state index contributed by atoms with van der Waals surface area (Å²) in [5.74, 6) is -3.21. The number of carbonyl (C=O) groups is 1. The van der Waals surface area contributed by atoms with Gasteiger partial charge in [-0.05, 0) is 37.0 Å². The summed E-state index contributed by atoms with van der Waals surface area (Å²) in [5, 5.41) is 13.0. The maximum atomic E-state index is 13.4. The van der Waals surface area contributed by atoms with Gasteiger partial charge in [-0.1, -0.05) is 30.3 Å². The van der Waals surface area contributed by atoms with Crippen LogP contribution in [0.5, 0.6) is 11.5 Å². The second kappa shape index (κ2) is 11.1. The summed E-state index contributed by atoms with van der Waals surface area (Å²) in [6.07, 6.45) is -4.55. The van der Waals surface area contributed by atoms with Gasteiger partial charge >= 0.3 is 0 Å². The van der Waals surface area contributed by atoms with Crippen LogP contribution in [-0.2, 0) is 4.79 Å². The van der Waals surface area contributed by atoms with E-state index < -0.39 is 118 Å². The van der Waals surface area contributed by atoms with E-state index in [0.717, 1.165) is 18.2 Å². The molecule has 2 aromatic carbocycles. The van der Waals surface area contributed by atoms with Crippen LogP contribution >= 0.6 is 0 Å². The number of amides is 1. The summed E-state index contributed by atoms with van der Waals surface area (Å²) < 4.78 is 196. The SMILES string of the molecule is [2H]c1cc(C([2H])([2H])[2H])c(NC(=O)CN2C([2H])([2H])C([2H])([2H])N(C([2H])([2H])C([2H])(O)C([2H])([2H])Oc3ccccc3OC([2H])([2H])[2H])C([2H])([2H])C2([2H])[2H])c(C([2H])([2H])[2H])c1. The molecule has 2 aromatic rings. The third-order valence-electron chi connectivity index (χ3n) is 3.59. The Morgan fingerprint density at radius 2 is 1.90 bits per heavy atom. The number of para-hydroxylation sites is 3. The van der Waals surface area contributed by atoms with Crippen LogP contribution in [0, 0.1) is 13.7 Å². The van der Waals surface area contributed by atoms with Crippen molar-refractivity contribution in [3.05, 3.63) is 53.6 Å². The van der Waals surface area contributed by atoms with Gasteiger partial charge in [0.15, 0.2) is 11.5 Å². The van der Waals surface area contributed by atoms with Gasteiger partial charge < -0.3 is 19.9 Å². The second-order valence-corrected chi connectivity index (χ2v) is 5.79. The maximum Gasteiger partial charge on any atom is 0.238 e. The van der Waals surface area contributed by atoms with Crippen molar-refractivity contribution < 1.29 is 50.9 Å². The highest BCUT2D eigenvalue weighted by atomic mass is 16.5. The Balaban J connectivity index is 2.12. The molecule has 1 heterocycles. The van der Waals surface area contributed by atoms with Crippen LogP contribution < -0.4 is 14.8 Å². The number of aliphatic hydroxyl groups is 1. The Hall–Kier alpha value is -2.61. The van der Waals surface area contributed by atoms with Crippen LogP contribution in [-0.4, -0.2) is 79.5 Å². The van der Waals surface area contributed by atoms with Crippen LogP contribution in [0.3, 0.4) is 0 Å². The molecule has 1 saturated heterocycles. The minimum absolute atomic E-state index is 0.388. The fourth-order valence-corrected chi connectivity index (χ4v) is 2.22. The molecule has 31 heavy (non-hydrogen) atoms. The number of benzene rings is 2. The van der Waals surface area contributed by atoms with Crippen LogP contribution in [0.15, 0.2) is 42.4 Å². The monoisotopic (exact) mass is 450 g/mol. The molecule has 168 valence electrons. The molecular formula is C24H33N3O4. The molecule has 0 spiro atoms. The number of hydrogen-bond donors (Lipinski definition) is 2. The topological polar surface area (TPSA) is 74.3 Å². The molecule has 7 heteroatoms. The Morgan fingerprint density at radius 3 is 2.58 bits per heavy atom. The molecule has 3 rings (SSSR count). The van der Waals surface area contributed by atoms with Gasteiger partial charge in [-0.15, -0.1) is 0 Å². The Bertz CT molecular complexity index is 1670. The zero-order valence-corrected chi connectivity index (χ0v) is 15.7. The van der Waals surface area contributed by atoms with Crippen LogP contribution in [0.1, 0.15) is 42.7 Å². The van der Waals surface area contributed by atoms with Crippen molar-refractivity contribution in [1.82, 2.24) is 9.80 Å². The number of anilines is 1. The van der Waals surface area contributed by atoms with Crippen LogP contribution in [0.4, 0.5) is 5.69 Å². The van der Waals surface area contributed by atoms with Crippen LogP contribution in [0.2, 0.25) is 0 Å². The third kappa shape index (κ3) is 6.69. The average Bonchev–Trinajstić information content (AvgIpc) is 2.94. The largest absolute Gasteiger partial charge is 0.493 e. The Kier molecular flexibility index (Phi) is 2.68. The summed E-state index contributed by atoms with van der Waals surface area (Å²) in [6.45, 7) is -33.5. The molecule has 2 N–H and O–H groups in total. The summed E-state index contributed by atoms with van der Waals surface area (Å²) in [5.41, 5.74) is -2.66. The predicted octanol–water partition coefficient (Wildman–Crippen LogP) is 2.31. The smallest absolute Gasteiger partial charge is 0.238 e. The average molecular weight is 451 g/mol. The number of β-amino-alcohol motifs (C(OH)–C–C–N with tert-alkyl or cyclic N) is 1. The molecular weight excluding hydrogens is 394 g/mol. The lowest BCUT2D eigenvalue weighted by atomic mass is 10.1. The van der Waals surface area contributed by atoms with Crippen molar-refractivity contribution in [2.45, 2.75) is 19.8 Å². The highest BCUT2D eigenvalue weighted by Crippen LogP contribution is 2.25. The predicted molar refractivity (Wildman–Crippen MR) is 122 cm³/mol. The van der Waals surface area contributed by atoms with Crippen molar-refractivity contribution in [1.29, 1.82) is 0 Å². The lowest BCUT2D eigenvalue weighted by Crippen LogP contribution is -2.50. The number of nitrogens with one attached hydrogen (secondary N) is 1. The zero-order chi connectivity index (χ0) is 42.3. The maximum absolute atomic E-state index is 13.4. The number of carbonyl (C=O) groups excluding carboxylic acids is 1. The Morgan fingerprint density at radius 1 is 1.23 bits per heavy atom. The molecule has 0 aliphatic carbocycles. The van der Waals surface area contributed by atoms with E-state index in [9.17, 15) is 9.90 Å². The van der Waals surface area contributed by atoms with Gasteiger partial charge in [-0.2, -0.15) is 0 Å². The Labute approximate surface area is 216 Å². The van der Waals surface area contributed by atoms with Crippen molar-refractivity contribution in [3.8, 4) is 11.5 Å². The van der Waals surface area contributed by atoms with Crippen molar-refractivity contribution >= 4 is 11.6 Å². The summed E-state index contributed by atoms with van der Waals surface area (Å²) in [4.78, 5) is 12.0.